The molecule has 1 aliphatic rings. The fourth-order valence-corrected chi connectivity index (χ4v) is 2.67. The minimum atomic E-state index is -0.565. The summed E-state index contributed by atoms with van der Waals surface area (Å²) in [7, 11) is 0. The molecular weight excluding hydrogens is 379 g/mol. The van der Waals surface area contributed by atoms with Gasteiger partial charge in [0, 0.05) is 50.4 Å². The Morgan fingerprint density at radius 1 is 1.29 bits per heavy atom. The van der Waals surface area contributed by atoms with Gasteiger partial charge in [-0.15, -0.1) is 37.2 Å². The minimum Gasteiger partial charge on any atom is -0.501 e. The van der Waals surface area contributed by atoms with Gasteiger partial charge in [-0.3, -0.25) is 20.0 Å². The standard InChI is InChI=1S/C14H16N4O3.3ClH/c19-14-12(18(20)21)8-10(9-17-6-4-15-5-7-17)11-2-1-3-16-13(11)14;;;/h1-3,8,15,19H,4-7,9H2;3*1H. The van der Waals surface area contributed by atoms with E-state index in [9.17, 15) is 15.2 Å². The molecule has 3 rings (SSSR count). The highest BCUT2D eigenvalue weighted by Crippen LogP contribution is 2.35. The number of rotatable bonds is 3. The van der Waals surface area contributed by atoms with Crippen molar-refractivity contribution >= 4 is 53.8 Å². The summed E-state index contributed by atoms with van der Waals surface area (Å²) in [5, 5.41) is 25.2. The molecule has 0 radical (unpaired) electrons. The Bertz CT molecular complexity index is 696. The maximum absolute atomic E-state index is 11.1. The van der Waals surface area contributed by atoms with Crippen molar-refractivity contribution in [1.82, 2.24) is 15.2 Å². The van der Waals surface area contributed by atoms with E-state index in [1.165, 1.54) is 12.3 Å². The van der Waals surface area contributed by atoms with Crippen LogP contribution in [0.3, 0.4) is 0 Å². The number of phenolic OH excluding ortho intramolecular Hbond substituents is 1. The maximum atomic E-state index is 11.1. The summed E-state index contributed by atoms with van der Waals surface area (Å²) in [5.41, 5.74) is 0.827. The van der Waals surface area contributed by atoms with E-state index in [1.54, 1.807) is 6.07 Å². The molecule has 0 spiro atoms. The molecular formula is C14H19Cl3N4O3. The average molecular weight is 398 g/mol. The summed E-state index contributed by atoms with van der Waals surface area (Å²) < 4.78 is 0. The number of nitrogens with one attached hydrogen (secondary N) is 1. The van der Waals surface area contributed by atoms with Crippen LogP contribution in [0.4, 0.5) is 5.69 Å². The fourth-order valence-electron chi connectivity index (χ4n) is 2.67. The van der Waals surface area contributed by atoms with Crippen LogP contribution in [0, 0.1) is 10.1 Å². The lowest BCUT2D eigenvalue weighted by Gasteiger charge is -2.27. The van der Waals surface area contributed by atoms with Gasteiger partial charge in [-0.05, 0) is 11.6 Å². The monoisotopic (exact) mass is 396 g/mol. The Morgan fingerprint density at radius 2 is 1.96 bits per heavy atom. The first kappa shape index (κ1) is 22.6. The van der Waals surface area contributed by atoms with Crippen molar-refractivity contribution < 1.29 is 10.0 Å². The third-order valence-electron chi connectivity index (χ3n) is 3.73. The summed E-state index contributed by atoms with van der Waals surface area (Å²) in [5.74, 6) is -0.361. The van der Waals surface area contributed by atoms with Crippen molar-refractivity contribution in [2.45, 2.75) is 6.54 Å². The van der Waals surface area contributed by atoms with Crippen molar-refractivity contribution in [3.8, 4) is 5.75 Å². The van der Waals surface area contributed by atoms with E-state index in [0.29, 0.717) is 6.54 Å². The smallest absolute Gasteiger partial charge is 0.313 e. The third-order valence-corrected chi connectivity index (χ3v) is 3.73. The molecule has 0 saturated carbocycles. The minimum absolute atomic E-state index is 0. The van der Waals surface area contributed by atoms with Gasteiger partial charge in [0.25, 0.3) is 0 Å². The zero-order valence-electron chi connectivity index (χ0n) is 12.7. The van der Waals surface area contributed by atoms with Crippen LogP contribution < -0.4 is 5.32 Å². The second-order valence-electron chi connectivity index (χ2n) is 5.09. The number of nitro groups is 1. The summed E-state index contributed by atoms with van der Waals surface area (Å²) >= 11 is 0. The SMILES string of the molecule is Cl.Cl.Cl.O=[N+]([O-])c1cc(CN2CCNCC2)c2cccnc2c1O. The maximum Gasteiger partial charge on any atom is 0.313 e. The lowest BCUT2D eigenvalue weighted by molar-refractivity contribution is -0.385. The van der Waals surface area contributed by atoms with Gasteiger partial charge in [0.1, 0.15) is 5.52 Å². The van der Waals surface area contributed by atoms with Crippen LogP contribution >= 0.6 is 37.2 Å². The molecule has 1 fully saturated rings. The van der Waals surface area contributed by atoms with Gasteiger partial charge in [0.05, 0.1) is 4.92 Å². The van der Waals surface area contributed by atoms with Crippen LogP contribution in [-0.4, -0.2) is 46.1 Å². The van der Waals surface area contributed by atoms with Gasteiger partial charge >= 0.3 is 5.69 Å². The molecule has 1 aromatic carbocycles. The molecule has 0 amide bonds. The highest BCUT2D eigenvalue weighted by atomic mass is 35.5. The van der Waals surface area contributed by atoms with Crippen molar-refractivity contribution in [3.63, 3.8) is 0 Å². The van der Waals surface area contributed by atoms with Crippen molar-refractivity contribution in [2.75, 3.05) is 26.2 Å². The quantitative estimate of drug-likeness (QED) is 0.611. The lowest BCUT2D eigenvalue weighted by atomic mass is 10.1. The highest BCUT2D eigenvalue weighted by Gasteiger charge is 2.21. The summed E-state index contributed by atoms with van der Waals surface area (Å²) in [6.45, 7) is 4.24. The number of piperazine rings is 1. The number of hydrogen-bond acceptors (Lipinski definition) is 6. The number of hydrogen-bond donors (Lipinski definition) is 2. The molecule has 2 N–H and O–H groups in total. The van der Waals surface area contributed by atoms with Crippen LogP contribution in [0.1, 0.15) is 5.56 Å². The van der Waals surface area contributed by atoms with Crippen molar-refractivity contribution in [3.05, 3.63) is 40.1 Å². The summed E-state index contributed by atoms with van der Waals surface area (Å²) in [4.78, 5) is 16.9. The molecule has 7 nitrogen and oxygen atoms in total. The van der Waals surface area contributed by atoms with Crippen LogP contribution in [0.2, 0.25) is 0 Å². The summed E-state index contributed by atoms with van der Waals surface area (Å²) in [6.07, 6.45) is 1.53. The molecule has 2 aromatic rings. The molecule has 0 atom stereocenters. The van der Waals surface area contributed by atoms with Gasteiger partial charge in [-0.2, -0.15) is 0 Å². The Balaban J connectivity index is 0.00000176. The molecule has 10 heteroatoms. The first-order valence-electron chi connectivity index (χ1n) is 6.84. The van der Waals surface area contributed by atoms with Gasteiger partial charge in [-0.25, -0.2) is 0 Å². The zero-order valence-corrected chi connectivity index (χ0v) is 15.1. The molecule has 2 heterocycles. The van der Waals surface area contributed by atoms with Crippen LogP contribution in [0.25, 0.3) is 10.9 Å². The first-order chi connectivity index (χ1) is 10.2. The van der Waals surface area contributed by atoms with Crippen molar-refractivity contribution in [2.24, 2.45) is 0 Å². The number of phenols is 1. The van der Waals surface area contributed by atoms with Gasteiger partial charge in [0.15, 0.2) is 0 Å². The lowest BCUT2D eigenvalue weighted by Crippen LogP contribution is -2.42. The van der Waals surface area contributed by atoms with Crippen LogP contribution in [0.15, 0.2) is 24.4 Å². The number of pyridine rings is 1. The molecule has 0 aliphatic carbocycles. The molecule has 134 valence electrons. The van der Waals surface area contributed by atoms with E-state index < -0.39 is 4.92 Å². The van der Waals surface area contributed by atoms with E-state index >= 15 is 0 Å². The molecule has 1 aliphatic heterocycles. The molecule has 0 bridgehead atoms. The normalized spacial score (nSPS) is 14.2. The predicted octanol–water partition coefficient (Wildman–Crippen LogP) is 2.52. The molecule has 1 saturated heterocycles. The number of nitrogens with zero attached hydrogens (tertiary/aromatic N) is 3. The molecule has 0 unspecified atom stereocenters. The Labute approximate surface area is 157 Å². The summed E-state index contributed by atoms with van der Waals surface area (Å²) in [6, 6.07) is 5.07. The molecule has 1 aromatic heterocycles. The third kappa shape index (κ3) is 4.58. The second kappa shape index (κ2) is 9.80. The number of halogens is 3. The Morgan fingerprint density at radius 3 is 2.58 bits per heavy atom. The predicted molar refractivity (Wildman–Crippen MR) is 100.0 cm³/mol. The van der Waals surface area contributed by atoms with Gasteiger partial charge in [0.2, 0.25) is 5.75 Å². The molecule has 24 heavy (non-hydrogen) atoms. The van der Waals surface area contributed by atoms with E-state index in [1.807, 2.05) is 6.07 Å². The van der Waals surface area contributed by atoms with E-state index in [-0.39, 0.29) is 54.2 Å². The van der Waals surface area contributed by atoms with Crippen molar-refractivity contribution in [1.29, 1.82) is 0 Å². The highest BCUT2D eigenvalue weighted by molar-refractivity contribution is 5.91. The van der Waals surface area contributed by atoms with E-state index in [2.05, 4.69) is 15.2 Å². The number of aromatic nitrogens is 1. The van der Waals surface area contributed by atoms with Gasteiger partial charge < -0.3 is 10.4 Å². The Hall–Kier alpha value is -1.38. The van der Waals surface area contributed by atoms with E-state index in [0.717, 1.165) is 37.1 Å². The average Bonchev–Trinajstić information content (AvgIpc) is 2.51. The number of nitro benzene ring substituents is 1. The van der Waals surface area contributed by atoms with Crippen LogP contribution in [0.5, 0.6) is 5.75 Å². The number of benzene rings is 1. The topological polar surface area (TPSA) is 91.5 Å². The number of fused-ring (bicyclic) bond motifs is 1. The zero-order chi connectivity index (χ0) is 14.8. The largest absolute Gasteiger partial charge is 0.501 e. The second-order valence-corrected chi connectivity index (χ2v) is 5.09. The van der Waals surface area contributed by atoms with Gasteiger partial charge in [-0.1, -0.05) is 6.07 Å². The first-order valence-corrected chi connectivity index (χ1v) is 6.84. The Kier molecular flexibility index (Phi) is 9.24. The van der Waals surface area contributed by atoms with E-state index in [4.69, 9.17) is 0 Å². The van der Waals surface area contributed by atoms with Crippen LogP contribution in [-0.2, 0) is 6.54 Å². The fraction of sp³-hybridized carbons (Fsp3) is 0.357. The number of aromatic hydroxyl groups is 1.